The summed E-state index contributed by atoms with van der Waals surface area (Å²) in [6, 6.07) is 12.1. The number of amides is 1. The van der Waals surface area contributed by atoms with Crippen molar-refractivity contribution in [2.24, 2.45) is 0 Å². The summed E-state index contributed by atoms with van der Waals surface area (Å²) < 4.78 is 0. The van der Waals surface area contributed by atoms with Crippen molar-refractivity contribution < 1.29 is 4.79 Å². The van der Waals surface area contributed by atoms with Crippen LogP contribution in [0.25, 0.3) is 6.08 Å². The van der Waals surface area contributed by atoms with Crippen molar-refractivity contribution in [3.8, 4) is 6.07 Å². The minimum absolute atomic E-state index is 0.101. The van der Waals surface area contributed by atoms with E-state index in [1.807, 2.05) is 12.1 Å². The van der Waals surface area contributed by atoms with Gasteiger partial charge < -0.3 is 0 Å². The van der Waals surface area contributed by atoms with Gasteiger partial charge in [-0.15, -0.1) is 11.3 Å². The number of thiazole rings is 1. The average molecular weight is 483 g/mol. The van der Waals surface area contributed by atoms with E-state index in [1.54, 1.807) is 30.5 Å². The number of hydrogen-bond acceptors (Lipinski definition) is 4. The maximum atomic E-state index is 12.4. The van der Waals surface area contributed by atoms with Crippen molar-refractivity contribution in [1.82, 2.24) is 4.98 Å². The van der Waals surface area contributed by atoms with Gasteiger partial charge >= 0.3 is 0 Å². The number of nitrogens with zero attached hydrogens (tertiary/aromatic N) is 2. The molecule has 0 aliphatic rings. The number of carbonyl (C=O) groups is 1. The first-order chi connectivity index (χ1) is 13.9. The van der Waals surface area contributed by atoms with Gasteiger partial charge in [-0.3, -0.25) is 10.1 Å². The second-order valence-electron chi connectivity index (χ2n) is 5.85. The van der Waals surface area contributed by atoms with Crippen LogP contribution in [0.15, 0.2) is 48.2 Å². The first-order valence-corrected chi connectivity index (χ1v) is 10.5. The Hall–Kier alpha value is -2.07. The number of rotatable bonds is 5. The van der Waals surface area contributed by atoms with Crippen molar-refractivity contribution in [3.63, 3.8) is 0 Å². The highest BCUT2D eigenvalue weighted by molar-refractivity contribution is 7.15. The normalized spacial score (nSPS) is 11.2. The van der Waals surface area contributed by atoms with Crippen LogP contribution in [-0.4, -0.2) is 10.9 Å². The van der Waals surface area contributed by atoms with Crippen LogP contribution in [0.3, 0.4) is 0 Å². The number of nitriles is 1. The molecule has 3 aromatic rings. The minimum atomic E-state index is -0.575. The molecule has 9 heteroatoms. The van der Waals surface area contributed by atoms with Crippen LogP contribution in [0.2, 0.25) is 20.1 Å². The van der Waals surface area contributed by atoms with Gasteiger partial charge in [-0.05, 0) is 41.5 Å². The summed E-state index contributed by atoms with van der Waals surface area (Å²) in [6.45, 7) is 0. The first-order valence-electron chi connectivity index (χ1n) is 8.12. The second kappa shape index (κ2) is 9.62. The van der Waals surface area contributed by atoms with Crippen LogP contribution >= 0.6 is 57.7 Å². The lowest BCUT2D eigenvalue weighted by molar-refractivity contribution is -0.112. The van der Waals surface area contributed by atoms with Gasteiger partial charge in [0.1, 0.15) is 11.6 Å². The summed E-state index contributed by atoms with van der Waals surface area (Å²) in [4.78, 5) is 17.6. The molecule has 0 aliphatic carbocycles. The Bertz CT molecular complexity index is 1150. The lowest BCUT2D eigenvalue weighted by Gasteiger charge is -2.02. The van der Waals surface area contributed by atoms with Gasteiger partial charge in [0.25, 0.3) is 5.91 Å². The second-order valence-corrected chi connectivity index (χ2v) is 8.62. The average Bonchev–Trinajstić information content (AvgIpc) is 3.11. The number of anilines is 1. The van der Waals surface area contributed by atoms with Gasteiger partial charge in [0.05, 0.1) is 10.0 Å². The molecule has 1 N–H and O–H groups in total. The van der Waals surface area contributed by atoms with Gasteiger partial charge in [0.15, 0.2) is 5.13 Å². The third-order valence-corrected chi connectivity index (χ3v) is 5.98. The van der Waals surface area contributed by atoms with E-state index in [4.69, 9.17) is 46.4 Å². The molecule has 1 aromatic heterocycles. The molecule has 146 valence electrons. The molecule has 0 atom stereocenters. The van der Waals surface area contributed by atoms with Gasteiger partial charge in [-0.1, -0.05) is 58.5 Å². The molecule has 2 aromatic carbocycles. The Morgan fingerprint density at radius 3 is 2.59 bits per heavy atom. The SMILES string of the molecule is N#CC(=Cc1ccc(Cl)cc1Cl)C(=O)Nc1ncc(Cc2ccc(Cl)c(Cl)c2)s1. The zero-order chi connectivity index (χ0) is 21.0. The zero-order valence-electron chi connectivity index (χ0n) is 14.5. The third kappa shape index (κ3) is 5.72. The predicted molar refractivity (Wildman–Crippen MR) is 120 cm³/mol. The summed E-state index contributed by atoms with van der Waals surface area (Å²) in [5.74, 6) is -0.575. The number of benzene rings is 2. The Kier molecular flexibility index (Phi) is 7.18. The predicted octanol–water partition coefficient (Wildman–Crippen LogP) is 6.89. The molecule has 0 aliphatic heterocycles. The van der Waals surface area contributed by atoms with Crippen molar-refractivity contribution in [3.05, 3.63) is 84.3 Å². The summed E-state index contributed by atoms with van der Waals surface area (Å²) in [5, 5.41) is 14.1. The number of aromatic nitrogens is 1. The maximum absolute atomic E-state index is 12.4. The molecule has 0 fully saturated rings. The minimum Gasteiger partial charge on any atom is -0.297 e. The van der Waals surface area contributed by atoms with Gasteiger partial charge in [0, 0.05) is 27.5 Å². The van der Waals surface area contributed by atoms with Crippen molar-refractivity contribution in [2.45, 2.75) is 6.42 Å². The van der Waals surface area contributed by atoms with Crippen LogP contribution < -0.4 is 5.32 Å². The lowest BCUT2D eigenvalue weighted by Crippen LogP contribution is -2.13. The molecule has 1 heterocycles. The van der Waals surface area contributed by atoms with E-state index in [2.05, 4.69) is 10.3 Å². The molecule has 3 rings (SSSR count). The van der Waals surface area contributed by atoms with E-state index < -0.39 is 5.91 Å². The van der Waals surface area contributed by atoms with Crippen molar-refractivity contribution in [2.75, 3.05) is 5.32 Å². The molecule has 0 radical (unpaired) electrons. The van der Waals surface area contributed by atoms with Crippen LogP contribution in [-0.2, 0) is 11.2 Å². The number of nitrogens with one attached hydrogen (secondary N) is 1. The van der Waals surface area contributed by atoms with Crippen molar-refractivity contribution >= 4 is 74.9 Å². The highest BCUT2D eigenvalue weighted by atomic mass is 35.5. The summed E-state index contributed by atoms with van der Waals surface area (Å²) in [5.41, 5.74) is 1.38. The Morgan fingerprint density at radius 2 is 1.90 bits per heavy atom. The van der Waals surface area contributed by atoms with Gasteiger partial charge in [-0.2, -0.15) is 5.26 Å². The third-order valence-electron chi connectivity index (χ3n) is 3.76. The molecule has 4 nitrogen and oxygen atoms in total. The summed E-state index contributed by atoms with van der Waals surface area (Å²) in [6.07, 6.45) is 3.65. The molecule has 1 amide bonds. The van der Waals surface area contributed by atoms with Gasteiger partial charge in [-0.25, -0.2) is 4.98 Å². The Morgan fingerprint density at radius 1 is 1.10 bits per heavy atom. The first kappa shape index (κ1) is 21.6. The number of halogens is 4. The number of hydrogen-bond donors (Lipinski definition) is 1. The van der Waals surface area contributed by atoms with Crippen LogP contribution in [0.1, 0.15) is 16.0 Å². The van der Waals surface area contributed by atoms with Crippen molar-refractivity contribution in [1.29, 1.82) is 5.26 Å². The maximum Gasteiger partial charge on any atom is 0.268 e. The number of carbonyl (C=O) groups excluding carboxylic acids is 1. The Balaban J connectivity index is 1.72. The molecule has 0 unspecified atom stereocenters. The molecule has 0 spiro atoms. The van der Waals surface area contributed by atoms with E-state index in [0.29, 0.717) is 37.2 Å². The lowest BCUT2D eigenvalue weighted by atomic mass is 10.1. The zero-order valence-corrected chi connectivity index (χ0v) is 18.4. The molecule has 0 saturated heterocycles. The van der Waals surface area contributed by atoms with Crippen LogP contribution in [0.5, 0.6) is 0 Å². The fourth-order valence-electron chi connectivity index (χ4n) is 2.38. The summed E-state index contributed by atoms with van der Waals surface area (Å²) >= 11 is 25.2. The van der Waals surface area contributed by atoms with E-state index in [1.165, 1.54) is 23.5 Å². The molecule has 0 saturated carbocycles. The molecular weight excluding hydrogens is 472 g/mol. The topological polar surface area (TPSA) is 65.8 Å². The van der Waals surface area contributed by atoms with Crippen LogP contribution in [0, 0.1) is 11.3 Å². The molecule has 0 bridgehead atoms. The molecular formula is C20H11Cl4N3OS. The van der Waals surface area contributed by atoms with E-state index >= 15 is 0 Å². The highest BCUT2D eigenvalue weighted by Gasteiger charge is 2.13. The standard InChI is InChI=1S/C20H11Cl4N3OS/c21-14-3-2-12(17(23)8-14)7-13(9-25)19(28)27-20-26-10-15(29-20)5-11-1-4-16(22)18(24)6-11/h1-4,6-8,10H,5H2,(H,26,27,28). The van der Waals surface area contributed by atoms with E-state index in [9.17, 15) is 10.1 Å². The largest absolute Gasteiger partial charge is 0.297 e. The highest BCUT2D eigenvalue weighted by Crippen LogP contribution is 2.27. The smallest absolute Gasteiger partial charge is 0.268 e. The monoisotopic (exact) mass is 481 g/mol. The fourth-order valence-corrected chi connectivity index (χ4v) is 4.01. The molecule has 29 heavy (non-hydrogen) atoms. The van der Waals surface area contributed by atoms with Gasteiger partial charge in [0.2, 0.25) is 0 Å². The van der Waals surface area contributed by atoms with E-state index in [-0.39, 0.29) is 5.57 Å². The van der Waals surface area contributed by atoms with E-state index in [0.717, 1.165) is 10.4 Å². The van der Waals surface area contributed by atoms with Crippen LogP contribution in [0.4, 0.5) is 5.13 Å². The fraction of sp³-hybridized carbons (Fsp3) is 0.0500. The summed E-state index contributed by atoms with van der Waals surface area (Å²) in [7, 11) is 0. The Labute approximate surface area is 191 Å². The quantitative estimate of drug-likeness (QED) is 0.318.